The molecule has 1 fully saturated rings. The molecule has 2 aromatic rings. The van der Waals surface area contributed by atoms with E-state index in [2.05, 4.69) is 10.4 Å². The molecule has 2 amide bonds. The summed E-state index contributed by atoms with van der Waals surface area (Å²) in [6, 6.07) is 6.77. The van der Waals surface area contributed by atoms with Crippen LogP contribution < -0.4 is 14.8 Å². The summed E-state index contributed by atoms with van der Waals surface area (Å²) >= 11 is 0. The number of nitrogens with zero attached hydrogens (tertiary/aromatic N) is 3. The molecule has 0 unspecified atom stereocenters. The van der Waals surface area contributed by atoms with Gasteiger partial charge in [-0.2, -0.15) is 5.10 Å². The molecule has 0 bridgehead atoms. The molecule has 2 aliphatic heterocycles. The minimum absolute atomic E-state index is 0.0289. The summed E-state index contributed by atoms with van der Waals surface area (Å²) in [5.74, 6) is 1.60. The average Bonchev–Trinajstić information content (AvgIpc) is 3.29. The number of hydrogen-bond donors (Lipinski definition) is 1. The van der Waals surface area contributed by atoms with Crippen molar-refractivity contribution in [1.29, 1.82) is 0 Å². The van der Waals surface area contributed by atoms with Crippen LogP contribution in [0.1, 0.15) is 18.4 Å². The number of likely N-dealkylation sites (tertiary alicyclic amines) is 1. The predicted octanol–water partition coefficient (Wildman–Crippen LogP) is 1.28. The van der Waals surface area contributed by atoms with Crippen LogP contribution in [-0.2, 0) is 23.2 Å². The molecular formula is C17H18N4O4. The Morgan fingerprint density at radius 3 is 2.96 bits per heavy atom. The summed E-state index contributed by atoms with van der Waals surface area (Å²) in [4.78, 5) is 26.4. The van der Waals surface area contributed by atoms with Crippen molar-refractivity contribution in [3.8, 4) is 11.5 Å². The molecule has 8 heteroatoms. The molecular weight excluding hydrogens is 324 g/mol. The van der Waals surface area contributed by atoms with Gasteiger partial charge >= 0.3 is 0 Å². The standard InChI is InChI=1S/C17H18N4O4/c1-20-7-6-15(19-20)18-17(23)12-3-5-16(22)21(12)9-11-2-4-13-14(8-11)25-10-24-13/h2,4,6-8,12H,3,5,9-10H2,1H3,(H,18,19,23)/t12-/m1/s1. The number of hydrogen-bond acceptors (Lipinski definition) is 5. The Morgan fingerprint density at radius 2 is 2.16 bits per heavy atom. The van der Waals surface area contributed by atoms with E-state index in [0.717, 1.165) is 5.56 Å². The maximum Gasteiger partial charge on any atom is 0.248 e. The van der Waals surface area contributed by atoms with Gasteiger partial charge in [-0.25, -0.2) is 0 Å². The number of benzene rings is 1. The van der Waals surface area contributed by atoms with Crippen molar-refractivity contribution in [2.45, 2.75) is 25.4 Å². The van der Waals surface area contributed by atoms with E-state index in [-0.39, 0.29) is 18.6 Å². The van der Waals surface area contributed by atoms with Gasteiger partial charge in [-0.3, -0.25) is 14.3 Å². The fourth-order valence-corrected chi connectivity index (χ4v) is 3.13. The third kappa shape index (κ3) is 3.02. The number of nitrogens with one attached hydrogen (secondary N) is 1. The minimum Gasteiger partial charge on any atom is -0.454 e. The number of aryl methyl sites for hydroxylation is 1. The largest absolute Gasteiger partial charge is 0.454 e. The van der Waals surface area contributed by atoms with E-state index in [9.17, 15) is 9.59 Å². The highest BCUT2D eigenvalue weighted by molar-refractivity contribution is 5.98. The van der Waals surface area contributed by atoms with E-state index in [0.29, 0.717) is 36.7 Å². The summed E-state index contributed by atoms with van der Waals surface area (Å²) in [6.07, 6.45) is 2.62. The zero-order valence-corrected chi connectivity index (χ0v) is 13.8. The first-order valence-electron chi connectivity index (χ1n) is 8.08. The fourth-order valence-electron chi connectivity index (χ4n) is 3.13. The molecule has 0 spiro atoms. The van der Waals surface area contributed by atoms with Crippen molar-refractivity contribution in [2.24, 2.45) is 7.05 Å². The Labute approximate surface area is 144 Å². The van der Waals surface area contributed by atoms with Crippen molar-refractivity contribution in [3.05, 3.63) is 36.0 Å². The maximum atomic E-state index is 12.6. The molecule has 4 rings (SSSR count). The SMILES string of the molecule is Cn1ccc(NC(=O)[C@H]2CCC(=O)N2Cc2ccc3c(c2)OCO3)n1. The van der Waals surface area contributed by atoms with Gasteiger partial charge in [0.15, 0.2) is 17.3 Å². The van der Waals surface area contributed by atoms with Crippen LogP contribution in [0.4, 0.5) is 5.82 Å². The van der Waals surface area contributed by atoms with E-state index in [1.807, 2.05) is 18.2 Å². The minimum atomic E-state index is -0.500. The molecule has 130 valence electrons. The summed E-state index contributed by atoms with van der Waals surface area (Å²) in [7, 11) is 1.78. The first-order valence-corrected chi connectivity index (χ1v) is 8.08. The van der Waals surface area contributed by atoms with E-state index in [4.69, 9.17) is 9.47 Å². The summed E-state index contributed by atoms with van der Waals surface area (Å²) in [5, 5.41) is 6.91. The summed E-state index contributed by atoms with van der Waals surface area (Å²) in [5.41, 5.74) is 0.898. The fraction of sp³-hybridized carbons (Fsp3) is 0.353. The molecule has 0 aliphatic carbocycles. The lowest BCUT2D eigenvalue weighted by atomic mass is 10.1. The third-order valence-corrected chi connectivity index (χ3v) is 4.39. The quantitative estimate of drug-likeness (QED) is 0.905. The van der Waals surface area contributed by atoms with Gasteiger partial charge in [0.1, 0.15) is 6.04 Å². The van der Waals surface area contributed by atoms with Crippen LogP contribution in [-0.4, -0.2) is 39.3 Å². The van der Waals surface area contributed by atoms with Crippen molar-refractivity contribution in [1.82, 2.24) is 14.7 Å². The van der Waals surface area contributed by atoms with Gasteiger partial charge in [-0.1, -0.05) is 6.07 Å². The monoisotopic (exact) mass is 342 g/mol. The van der Waals surface area contributed by atoms with Gasteiger partial charge in [0.2, 0.25) is 18.6 Å². The lowest BCUT2D eigenvalue weighted by Crippen LogP contribution is -2.41. The third-order valence-electron chi connectivity index (χ3n) is 4.39. The molecule has 3 heterocycles. The number of carbonyl (C=O) groups excluding carboxylic acids is 2. The van der Waals surface area contributed by atoms with Crippen molar-refractivity contribution in [2.75, 3.05) is 12.1 Å². The van der Waals surface area contributed by atoms with Crippen LogP contribution in [0.2, 0.25) is 0 Å². The molecule has 1 aromatic carbocycles. The van der Waals surface area contributed by atoms with Gasteiger partial charge in [0.25, 0.3) is 0 Å². The molecule has 1 aromatic heterocycles. The predicted molar refractivity (Wildman–Crippen MR) is 88.0 cm³/mol. The highest BCUT2D eigenvalue weighted by Gasteiger charge is 2.36. The number of ether oxygens (including phenoxy) is 2. The van der Waals surface area contributed by atoms with Crippen LogP contribution in [0, 0.1) is 0 Å². The molecule has 1 N–H and O–H groups in total. The Kier molecular flexibility index (Phi) is 3.79. The lowest BCUT2D eigenvalue weighted by molar-refractivity contribution is -0.133. The molecule has 1 saturated heterocycles. The number of aromatic nitrogens is 2. The van der Waals surface area contributed by atoms with Crippen LogP contribution in [0.25, 0.3) is 0 Å². The van der Waals surface area contributed by atoms with Crippen molar-refractivity contribution in [3.63, 3.8) is 0 Å². The van der Waals surface area contributed by atoms with Crippen LogP contribution in [0.15, 0.2) is 30.5 Å². The zero-order valence-electron chi connectivity index (χ0n) is 13.8. The zero-order chi connectivity index (χ0) is 17.4. The first-order chi connectivity index (χ1) is 12.1. The molecule has 25 heavy (non-hydrogen) atoms. The molecule has 8 nitrogen and oxygen atoms in total. The highest BCUT2D eigenvalue weighted by atomic mass is 16.7. The van der Waals surface area contributed by atoms with E-state index in [1.165, 1.54) is 0 Å². The lowest BCUT2D eigenvalue weighted by Gasteiger charge is -2.24. The van der Waals surface area contributed by atoms with Crippen molar-refractivity contribution < 1.29 is 19.1 Å². The van der Waals surface area contributed by atoms with E-state index < -0.39 is 6.04 Å². The van der Waals surface area contributed by atoms with Gasteiger partial charge in [0, 0.05) is 32.3 Å². The Hall–Kier alpha value is -3.03. The molecule has 2 aliphatic rings. The smallest absolute Gasteiger partial charge is 0.248 e. The van der Waals surface area contributed by atoms with E-state index >= 15 is 0 Å². The second kappa shape index (κ2) is 6.12. The van der Waals surface area contributed by atoms with Crippen LogP contribution in [0.5, 0.6) is 11.5 Å². The summed E-state index contributed by atoms with van der Waals surface area (Å²) in [6.45, 7) is 0.562. The van der Waals surface area contributed by atoms with E-state index in [1.54, 1.807) is 28.9 Å². The number of anilines is 1. The van der Waals surface area contributed by atoms with Gasteiger partial charge in [-0.15, -0.1) is 0 Å². The number of rotatable bonds is 4. The molecule has 0 saturated carbocycles. The average molecular weight is 342 g/mol. The van der Waals surface area contributed by atoms with Gasteiger partial charge < -0.3 is 19.7 Å². The molecule has 0 radical (unpaired) electrons. The maximum absolute atomic E-state index is 12.6. The number of amides is 2. The number of carbonyl (C=O) groups is 2. The summed E-state index contributed by atoms with van der Waals surface area (Å²) < 4.78 is 12.3. The second-order valence-corrected chi connectivity index (χ2v) is 6.13. The Balaban J connectivity index is 1.48. The highest BCUT2D eigenvalue weighted by Crippen LogP contribution is 2.33. The second-order valence-electron chi connectivity index (χ2n) is 6.13. The molecule has 1 atom stereocenters. The Bertz CT molecular complexity index is 832. The number of fused-ring (bicyclic) bond motifs is 1. The first kappa shape index (κ1) is 15.5. The normalized spacial score (nSPS) is 18.7. The van der Waals surface area contributed by atoms with Gasteiger partial charge in [0.05, 0.1) is 0 Å². The van der Waals surface area contributed by atoms with Crippen LogP contribution >= 0.6 is 0 Å². The van der Waals surface area contributed by atoms with Crippen LogP contribution in [0.3, 0.4) is 0 Å². The van der Waals surface area contributed by atoms with Gasteiger partial charge in [-0.05, 0) is 24.1 Å². The Morgan fingerprint density at radius 1 is 1.32 bits per heavy atom. The van der Waals surface area contributed by atoms with Crippen molar-refractivity contribution >= 4 is 17.6 Å². The topological polar surface area (TPSA) is 85.7 Å².